The van der Waals surface area contributed by atoms with E-state index in [0.29, 0.717) is 6.54 Å². The summed E-state index contributed by atoms with van der Waals surface area (Å²) < 4.78 is 14.0. The first-order valence-corrected chi connectivity index (χ1v) is 8.74. The van der Waals surface area contributed by atoms with Crippen LogP contribution in [0.2, 0.25) is 0 Å². The Hall–Kier alpha value is -3.29. The average molecular weight is 388 g/mol. The summed E-state index contributed by atoms with van der Waals surface area (Å²) in [5.74, 6) is -4.69. The number of pyridine rings is 1. The molecule has 0 aliphatic heterocycles. The number of carbonyl (C=O) groups excluding carboxylic acids is 2. The third-order valence-electron chi connectivity index (χ3n) is 4.33. The molecule has 0 radical (unpaired) electrons. The van der Waals surface area contributed by atoms with Crippen LogP contribution in [0, 0.1) is 0 Å². The number of aromatic nitrogens is 1. The molecule has 2 N–H and O–H groups in total. The van der Waals surface area contributed by atoms with Crippen molar-refractivity contribution in [2.75, 3.05) is 6.67 Å². The Balaban J connectivity index is 2.29. The van der Waals surface area contributed by atoms with Crippen molar-refractivity contribution in [2.24, 2.45) is 0 Å². The maximum absolute atomic E-state index is 12.8. The van der Waals surface area contributed by atoms with E-state index in [1.807, 2.05) is 35.6 Å². The number of hydrogen-bond donors (Lipinski definition) is 2. The van der Waals surface area contributed by atoms with Crippen LogP contribution in [0.3, 0.4) is 0 Å². The van der Waals surface area contributed by atoms with Crippen molar-refractivity contribution in [3.63, 3.8) is 0 Å². The maximum atomic E-state index is 12.8. The number of Topliss-reactive ketones (excluding diaryl/α,β-unsaturated/α-hetero) is 1. The second-order valence-corrected chi connectivity index (χ2v) is 6.22. The number of nitrogens with one attached hydrogen (secondary N) is 1. The number of rotatable bonds is 9. The first-order valence-electron chi connectivity index (χ1n) is 8.74. The number of benzene rings is 1. The quantitative estimate of drug-likeness (QED) is 0.634. The van der Waals surface area contributed by atoms with Crippen molar-refractivity contribution in [3.05, 3.63) is 70.1 Å². The van der Waals surface area contributed by atoms with Gasteiger partial charge in [0.1, 0.15) is 0 Å². The van der Waals surface area contributed by atoms with Gasteiger partial charge in [-0.25, -0.2) is 9.18 Å². The van der Waals surface area contributed by atoms with Gasteiger partial charge in [-0.2, -0.15) is 0 Å². The number of halogens is 1. The van der Waals surface area contributed by atoms with Crippen molar-refractivity contribution in [2.45, 2.75) is 31.8 Å². The van der Waals surface area contributed by atoms with Crippen molar-refractivity contribution >= 4 is 17.7 Å². The second kappa shape index (κ2) is 9.59. The van der Waals surface area contributed by atoms with E-state index in [2.05, 4.69) is 0 Å². The van der Waals surface area contributed by atoms with Gasteiger partial charge in [-0.15, -0.1) is 0 Å². The van der Waals surface area contributed by atoms with Gasteiger partial charge in [-0.05, 0) is 18.1 Å². The lowest BCUT2D eigenvalue weighted by atomic mass is 9.96. The summed E-state index contributed by atoms with van der Waals surface area (Å²) in [7, 11) is 0. The molecule has 0 bridgehead atoms. The zero-order chi connectivity index (χ0) is 20.7. The highest BCUT2D eigenvalue weighted by atomic mass is 19.1. The van der Waals surface area contributed by atoms with Crippen LogP contribution >= 0.6 is 0 Å². The van der Waals surface area contributed by atoms with Gasteiger partial charge in [0.2, 0.25) is 5.91 Å². The molecule has 0 fully saturated rings. The topological polar surface area (TPSA) is 105 Å². The van der Waals surface area contributed by atoms with Gasteiger partial charge in [0.05, 0.1) is 12.5 Å². The molecule has 7 nitrogen and oxygen atoms in total. The molecule has 0 aliphatic carbocycles. The molecule has 2 unspecified atom stereocenters. The number of carboxylic acid groups (broad SMARTS) is 1. The van der Waals surface area contributed by atoms with Gasteiger partial charge in [0, 0.05) is 11.8 Å². The molecule has 1 heterocycles. The molecule has 0 saturated carbocycles. The van der Waals surface area contributed by atoms with Crippen molar-refractivity contribution in [3.8, 4) is 0 Å². The van der Waals surface area contributed by atoms with Gasteiger partial charge < -0.3 is 15.0 Å². The Labute approximate surface area is 160 Å². The Morgan fingerprint density at radius 2 is 1.82 bits per heavy atom. The van der Waals surface area contributed by atoms with E-state index in [9.17, 15) is 23.6 Å². The lowest BCUT2D eigenvalue weighted by Gasteiger charge is -2.19. The van der Waals surface area contributed by atoms with E-state index in [1.165, 1.54) is 10.6 Å². The summed E-state index contributed by atoms with van der Waals surface area (Å²) in [5.41, 5.74) is 0.686. The van der Waals surface area contributed by atoms with Crippen molar-refractivity contribution < 1.29 is 23.9 Å². The Bertz CT molecular complexity index is 910. The number of ketones is 1. The Morgan fingerprint density at radius 3 is 2.39 bits per heavy atom. The number of carboxylic acids is 1. The van der Waals surface area contributed by atoms with E-state index in [1.54, 1.807) is 19.2 Å². The monoisotopic (exact) mass is 388 g/mol. The normalized spacial score (nSPS) is 12.8. The molecule has 1 aromatic heterocycles. The predicted molar refractivity (Wildman–Crippen MR) is 99.8 cm³/mol. The zero-order valence-corrected chi connectivity index (χ0v) is 15.3. The maximum Gasteiger partial charge on any atom is 0.334 e. The van der Waals surface area contributed by atoms with Gasteiger partial charge in [-0.1, -0.05) is 43.3 Å². The molecular formula is C20H21FN2O5. The van der Waals surface area contributed by atoms with Gasteiger partial charge in [0.25, 0.3) is 5.56 Å². The lowest BCUT2D eigenvalue weighted by molar-refractivity contribution is -0.146. The van der Waals surface area contributed by atoms with Crippen LogP contribution < -0.4 is 10.9 Å². The number of aliphatic carboxylic acids is 1. The fourth-order valence-electron chi connectivity index (χ4n) is 2.87. The molecule has 28 heavy (non-hydrogen) atoms. The van der Waals surface area contributed by atoms with Crippen LogP contribution in [0.5, 0.6) is 0 Å². The van der Waals surface area contributed by atoms with Crippen molar-refractivity contribution in [1.82, 2.24) is 9.88 Å². The lowest BCUT2D eigenvalue weighted by Crippen LogP contribution is -2.49. The van der Waals surface area contributed by atoms with Crippen molar-refractivity contribution in [1.29, 1.82) is 0 Å². The van der Waals surface area contributed by atoms with Gasteiger partial charge in [0.15, 0.2) is 18.5 Å². The van der Waals surface area contributed by atoms with Crippen LogP contribution in [0.25, 0.3) is 0 Å². The molecule has 0 aliphatic rings. The molecule has 8 heteroatoms. The number of amides is 1. The summed E-state index contributed by atoms with van der Waals surface area (Å²) in [5, 5.41) is 11.1. The summed E-state index contributed by atoms with van der Waals surface area (Å²) in [6, 6.07) is 10.4. The van der Waals surface area contributed by atoms with Crippen LogP contribution in [-0.4, -0.2) is 40.0 Å². The predicted octanol–water partition coefficient (Wildman–Crippen LogP) is 1.50. The SMILES string of the molecule is CCC(C(=O)NC(C(=O)O)C(=O)CF)c1cccn(Cc2ccccc2)c1=O. The minimum atomic E-state index is -1.98. The number of carbonyl (C=O) groups is 3. The van der Waals surface area contributed by atoms with Crippen LogP contribution in [-0.2, 0) is 20.9 Å². The van der Waals surface area contributed by atoms with E-state index < -0.39 is 41.9 Å². The Kier molecular flexibility index (Phi) is 7.20. The summed E-state index contributed by atoms with van der Waals surface area (Å²) in [4.78, 5) is 47.9. The minimum Gasteiger partial charge on any atom is -0.479 e. The highest BCUT2D eigenvalue weighted by Gasteiger charge is 2.31. The third kappa shape index (κ3) is 4.91. The van der Waals surface area contributed by atoms with E-state index >= 15 is 0 Å². The molecule has 1 amide bonds. The average Bonchev–Trinajstić information content (AvgIpc) is 2.69. The van der Waals surface area contributed by atoms with Crippen LogP contribution in [0.15, 0.2) is 53.5 Å². The molecule has 2 aromatic rings. The van der Waals surface area contributed by atoms with Crippen LogP contribution in [0.4, 0.5) is 4.39 Å². The second-order valence-electron chi connectivity index (χ2n) is 6.22. The summed E-state index contributed by atoms with van der Waals surface area (Å²) in [6.07, 6.45) is 1.79. The number of nitrogens with zero attached hydrogens (tertiary/aromatic N) is 1. The summed E-state index contributed by atoms with van der Waals surface area (Å²) in [6.45, 7) is 0.456. The molecule has 1 aromatic carbocycles. The highest BCUT2D eigenvalue weighted by Crippen LogP contribution is 2.17. The molecule has 0 spiro atoms. The first-order chi connectivity index (χ1) is 13.4. The molecule has 148 valence electrons. The van der Waals surface area contributed by atoms with E-state index in [4.69, 9.17) is 5.11 Å². The first kappa shape index (κ1) is 21.0. The fraction of sp³-hybridized carbons (Fsp3) is 0.300. The fourth-order valence-corrected chi connectivity index (χ4v) is 2.87. The highest BCUT2D eigenvalue weighted by molar-refractivity contribution is 6.06. The zero-order valence-electron chi connectivity index (χ0n) is 15.3. The molecule has 2 atom stereocenters. The largest absolute Gasteiger partial charge is 0.479 e. The standard InChI is InChI=1S/C20H21FN2O5/c1-2-14(18(25)22-17(20(27)28)16(24)11-21)15-9-6-10-23(19(15)26)12-13-7-4-3-5-8-13/h3-10,14,17H,2,11-12H2,1H3,(H,22,25)(H,27,28). The van der Waals surface area contributed by atoms with E-state index in [-0.39, 0.29) is 12.0 Å². The molecular weight excluding hydrogens is 367 g/mol. The van der Waals surface area contributed by atoms with E-state index in [0.717, 1.165) is 5.56 Å². The Morgan fingerprint density at radius 1 is 1.14 bits per heavy atom. The third-order valence-corrected chi connectivity index (χ3v) is 4.33. The van der Waals surface area contributed by atoms with Crippen LogP contribution in [0.1, 0.15) is 30.4 Å². The smallest absolute Gasteiger partial charge is 0.334 e. The molecule has 0 saturated heterocycles. The van der Waals surface area contributed by atoms with Gasteiger partial charge in [-0.3, -0.25) is 14.4 Å². The minimum absolute atomic E-state index is 0.176. The number of hydrogen-bond acceptors (Lipinski definition) is 4. The summed E-state index contributed by atoms with van der Waals surface area (Å²) >= 11 is 0. The van der Waals surface area contributed by atoms with Gasteiger partial charge >= 0.3 is 5.97 Å². The molecule has 2 rings (SSSR count). The number of alkyl halides is 1.